The summed E-state index contributed by atoms with van der Waals surface area (Å²) >= 11 is 0.886. The van der Waals surface area contributed by atoms with Gasteiger partial charge in [-0.15, -0.1) is 0 Å². The lowest BCUT2D eigenvalue weighted by atomic mass is 10.2. The first-order valence-corrected chi connectivity index (χ1v) is 9.71. The lowest BCUT2D eigenvalue weighted by Gasteiger charge is -2.22. The van der Waals surface area contributed by atoms with Gasteiger partial charge in [0.15, 0.2) is 0 Å². The summed E-state index contributed by atoms with van der Waals surface area (Å²) in [7, 11) is 0. The molecule has 0 N–H and O–H groups in total. The molecule has 0 spiro atoms. The molecule has 2 saturated heterocycles. The highest BCUT2D eigenvalue weighted by molar-refractivity contribution is 8.18. The fourth-order valence-electron chi connectivity index (χ4n) is 3.02. The minimum Gasteiger partial charge on any atom is -0.341 e. The minimum absolute atomic E-state index is 0.143. The highest BCUT2D eigenvalue weighted by Crippen LogP contribution is 2.30. The van der Waals surface area contributed by atoms with Crippen molar-refractivity contribution in [2.45, 2.75) is 25.7 Å². The molecule has 0 bridgehead atoms. The molecule has 2 aliphatic heterocycles. The second-order valence-corrected chi connectivity index (χ2v) is 7.35. The number of imide groups is 1. The molecule has 0 atom stereocenters. The first-order chi connectivity index (χ1) is 12.6. The molecule has 3 amide bonds. The Morgan fingerprint density at radius 3 is 2.42 bits per heavy atom. The van der Waals surface area contributed by atoms with E-state index >= 15 is 0 Å². The quantitative estimate of drug-likeness (QED) is 0.759. The number of carbonyl (C=O) groups excluding carboxylic acids is 3. The lowest BCUT2D eigenvalue weighted by Crippen LogP contribution is -2.42. The summed E-state index contributed by atoms with van der Waals surface area (Å²) in [4.78, 5) is 40.2. The fourth-order valence-corrected chi connectivity index (χ4v) is 3.81. The summed E-state index contributed by atoms with van der Waals surface area (Å²) in [5, 5.41) is -0.377. The van der Waals surface area contributed by atoms with Gasteiger partial charge in [-0.25, -0.2) is 0 Å². The summed E-state index contributed by atoms with van der Waals surface area (Å²) in [5.74, 6) is -0.531. The molecule has 1 aromatic carbocycles. The zero-order valence-electron chi connectivity index (χ0n) is 14.6. The first kappa shape index (κ1) is 18.5. The van der Waals surface area contributed by atoms with Crippen molar-refractivity contribution < 1.29 is 14.4 Å². The maximum Gasteiger partial charge on any atom is 0.294 e. The van der Waals surface area contributed by atoms with Crippen LogP contribution >= 0.6 is 11.8 Å². The van der Waals surface area contributed by atoms with Gasteiger partial charge in [-0.05, 0) is 36.2 Å². The molecule has 2 heterocycles. The molecule has 0 radical (unpaired) electrons. The monoisotopic (exact) mass is 370 g/mol. The summed E-state index contributed by atoms with van der Waals surface area (Å²) in [5.41, 5.74) is 1.01. The summed E-state index contributed by atoms with van der Waals surface area (Å²) in [6.45, 7) is 1.26. The zero-order chi connectivity index (χ0) is 18.4. The molecule has 0 aliphatic carbocycles. The van der Waals surface area contributed by atoms with Crippen LogP contribution in [0.1, 0.15) is 31.2 Å². The number of hydrogen-bond acceptors (Lipinski definition) is 4. The van der Waals surface area contributed by atoms with Crippen molar-refractivity contribution in [3.8, 4) is 0 Å². The van der Waals surface area contributed by atoms with E-state index in [-0.39, 0.29) is 23.6 Å². The number of allylic oxidation sites excluding steroid dienone is 2. The molecule has 0 unspecified atom stereocenters. The van der Waals surface area contributed by atoms with Gasteiger partial charge in [0.05, 0.1) is 4.91 Å². The van der Waals surface area contributed by atoms with Crippen molar-refractivity contribution in [3.05, 3.63) is 53.0 Å². The number of carbonyl (C=O) groups is 3. The molecule has 136 valence electrons. The Kier molecular flexibility index (Phi) is 6.28. The zero-order valence-corrected chi connectivity index (χ0v) is 15.4. The average Bonchev–Trinajstić information content (AvgIpc) is 2.86. The van der Waals surface area contributed by atoms with Gasteiger partial charge in [-0.2, -0.15) is 0 Å². The van der Waals surface area contributed by atoms with Crippen molar-refractivity contribution in [1.82, 2.24) is 9.80 Å². The highest BCUT2D eigenvalue weighted by Gasteiger charge is 2.36. The maximum absolute atomic E-state index is 12.5. The molecule has 1 aromatic rings. The predicted molar refractivity (Wildman–Crippen MR) is 103 cm³/mol. The largest absolute Gasteiger partial charge is 0.341 e. The van der Waals surface area contributed by atoms with E-state index in [1.165, 1.54) is 0 Å². The maximum atomic E-state index is 12.5. The number of thioether (sulfide) groups is 1. The van der Waals surface area contributed by atoms with Crippen LogP contribution in [0.3, 0.4) is 0 Å². The van der Waals surface area contributed by atoms with Gasteiger partial charge in [0.1, 0.15) is 6.54 Å². The second kappa shape index (κ2) is 8.85. The van der Waals surface area contributed by atoms with Crippen LogP contribution in [0.2, 0.25) is 0 Å². The van der Waals surface area contributed by atoms with E-state index < -0.39 is 0 Å². The molecule has 6 heteroatoms. The van der Waals surface area contributed by atoms with Crippen molar-refractivity contribution in [1.29, 1.82) is 0 Å². The van der Waals surface area contributed by atoms with Crippen molar-refractivity contribution in [2.24, 2.45) is 0 Å². The van der Waals surface area contributed by atoms with E-state index in [2.05, 4.69) is 0 Å². The van der Waals surface area contributed by atoms with E-state index in [4.69, 9.17) is 0 Å². The molecule has 0 aromatic heterocycles. The third kappa shape index (κ3) is 4.64. The van der Waals surface area contributed by atoms with Crippen LogP contribution in [0.4, 0.5) is 4.79 Å². The number of nitrogens with zero attached hydrogens (tertiary/aromatic N) is 2. The van der Waals surface area contributed by atoms with Crippen LogP contribution in [0.25, 0.3) is 6.08 Å². The average molecular weight is 370 g/mol. The number of likely N-dealkylation sites (tertiary alicyclic amines) is 1. The predicted octanol–water partition coefficient (Wildman–Crippen LogP) is 3.68. The Hall–Kier alpha value is -2.34. The van der Waals surface area contributed by atoms with E-state index in [1.54, 1.807) is 17.1 Å². The van der Waals surface area contributed by atoms with Crippen molar-refractivity contribution in [2.75, 3.05) is 19.6 Å². The van der Waals surface area contributed by atoms with Gasteiger partial charge >= 0.3 is 0 Å². The molecule has 2 fully saturated rings. The smallest absolute Gasteiger partial charge is 0.294 e. The lowest BCUT2D eigenvalue weighted by molar-refractivity contribution is -0.135. The number of benzene rings is 1. The number of rotatable bonds is 4. The normalized spacial score (nSPS) is 20.2. The second-order valence-electron chi connectivity index (χ2n) is 6.35. The molecule has 3 rings (SSSR count). The van der Waals surface area contributed by atoms with Gasteiger partial charge in [-0.1, -0.05) is 55.3 Å². The molecule has 26 heavy (non-hydrogen) atoms. The summed E-state index contributed by atoms with van der Waals surface area (Å²) in [6.07, 6.45) is 9.48. The topological polar surface area (TPSA) is 57.7 Å². The van der Waals surface area contributed by atoms with E-state index in [0.29, 0.717) is 18.0 Å². The summed E-state index contributed by atoms with van der Waals surface area (Å²) < 4.78 is 0. The van der Waals surface area contributed by atoms with Crippen molar-refractivity contribution >= 4 is 34.9 Å². The Balaban J connectivity index is 1.62. The minimum atomic E-state index is -0.388. The van der Waals surface area contributed by atoms with Gasteiger partial charge < -0.3 is 4.90 Å². The molecule has 0 saturated carbocycles. The van der Waals surface area contributed by atoms with E-state index in [9.17, 15) is 14.4 Å². The number of hydrogen-bond donors (Lipinski definition) is 0. The van der Waals surface area contributed by atoms with Gasteiger partial charge in [0, 0.05) is 13.1 Å². The molecule has 2 aliphatic rings. The standard InChI is InChI=1S/C20H22N2O3S/c23-18(21-13-6-1-2-7-14-21)15-22-19(24)17(26-20(22)25)12-8-11-16-9-4-3-5-10-16/h3-5,8-12H,1-2,6-7,13-15H2/b11-8+,17-12-. The van der Waals surface area contributed by atoms with E-state index in [0.717, 1.165) is 47.9 Å². The van der Waals surface area contributed by atoms with Crippen LogP contribution in [0, 0.1) is 0 Å². The Labute approximate surface area is 157 Å². The van der Waals surface area contributed by atoms with Gasteiger partial charge in [-0.3, -0.25) is 19.3 Å². The Morgan fingerprint density at radius 1 is 1.04 bits per heavy atom. The molecular formula is C20H22N2O3S. The third-order valence-electron chi connectivity index (χ3n) is 4.46. The third-order valence-corrected chi connectivity index (χ3v) is 5.39. The first-order valence-electron chi connectivity index (χ1n) is 8.90. The van der Waals surface area contributed by atoms with Crippen LogP contribution in [-0.4, -0.2) is 46.5 Å². The highest BCUT2D eigenvalue weighted by atomic mass is 32.2. The SMILES string of the molecule is O=C(CN1C(=O)S/C(=C\C=C\c2ccccc2)C1=O)N1CCCCCC1. The Morgan fingerprint density at radius 2 is 1.73 bits per heavy atom. The van der Waals surface area contributed by atoms with Crippen LogP contribution in [0.15, 0.2) is 47.4 Å². The van der Waals surface area contributed by atoms with Gasteiger partial charge in [0.2, 0.25) is 5.91 Å². The van der Waals surface area contributed by atoms with Crippen LogP contribution in [-0.2, 0) is 9.59 Å². The van der Waals surface area contributed by atoms with Crippen LogP contribution < -0.4 is 0 Å². The molecule has 5 nitrogen and oxygen atoms in total. The number of amides is 3. The summed E-state index contributed by atoms with van der Waals surface area (Å²) in [6, 6.07) is 9.71. The Bertz CT molecular complexity index is 735. The fraction of sp³-hybridized carbons (Fsp3) is 0.350. The van der Waals surface area contributed by atoms with E-state index in [1.807, 2.05) is 36.4 Å². The van der Waals surface area contributed by atoms with Crippen molar-refractivity contribution in [3.63, 3.8) is 0 Å². The van der Waals surface area contributed by atoms with Crippen LogP contribution in [0.5, 0.6) is 0 Å². The van der Waals surface area contributed by atoms with Gasteiger partial charge in [0.25, 0.3) is 11.1 Å². The molecular weight excluding hydrogens is 348 g/mol.